The zero-order valence-electron chi connectivity index (χ0n) is 19.1. The van der Waals surface area contributed by atoms with Crippen LogP contribution >= 0.6 is 22.9 Å². The molecule has 0 radical (unpaired) electrons. The molecule has 3 aromatic carbocycles. The summed E-state index contributed by atoms with van der Waals surface area (Å²) in [6, 6.07) is 17.9. The number of halogens is 1. The van der Waals surface area contributed by atoms with Crippen LogP contribution in [-0.4, -0.2) is 15.8 Å². The number of nitrogens with one attached hydrogen (secondary N) is 1. The molecule has 0 spiro atoms. The smallest absolute Gasteiger partial charge is 0.287 e. The monoisotopic (exact) mass is 505 g/mol. The average Bonchev–Trinajstić information content (AvgIpc) is 3.39. The van der Waals surface area contributed by atoms with Crippen molar-refractivity contribution >= 4 is 61.4 Å². The number of aromatic nitrogens is 1. The Bertz CT molecular complexity index is 1610. The molecule has 0 saturated heterocycles. The minimum Gasteiger partial charge on any atom is -0.436 e. The molecule has 1 amide bonds. The van der Waals surface area contributed by atoms with Crippen molar-refractivity contribution in [1.29, 1.82) is 0 Å². The van der Waals surface area contributed by atoms with Gasteiger partial charge < -0.3 is 9.73 Å². The second-order valence-electron chi connectivity index (χ2n) is 9.14. The van der Waals surface area contributed by atoms with E-state index in [0.717, 1.165) is 16.9 Å². The van der Waals surface area contributed by atoms with Crippen LogP contribution in [-0.2, 0) is 5.41 Å². The number of nitrogens with zero attached hydrogens (tertiary/aromatic N) is 2. The molecule has 9 heteroatoms. The summed E-state index contributed by atoms with van der Waals surface area (Å²) in [7, 11) is 0. The fourth-order valence-electron chi connectivity index (χ4n) is 3.79. The average molecular weight is 506 g/mol. The minimum absolute atomic E-state index is 0.0508. The maximum Gasteiger partial charge on any atom is 0.287 e. The van der Waals surface area contributed by atoms with Gasteiger partial charge >= 0.3 is 0 Å². The fourth-order valence-corrected chi connectivity index (χ4v) is 5.28. The van der Waals surface area contributed by atoms with Gasteiger partial charge in [0.1, 0.15) is 15.1 Å². The summed E-state index contributed by atoms with van der Waals surface area (Å²) in [4.78, 5) is 28.6. The molecule has 7 nitrogen and oxygen atoms in total. The molecule has 0 aliphatic heterocycles. The van der Waals surface area contributed by atoms with Crippen molar-refractivity contribution in [1.82, 2.24) is 4.98 Å². The third-order valence-corrected chi connectivity index (χ3v) is 7.41. The summed E-state index contributed by atoms with van der Waals surface area (Å²) in [6.45, 7) is 6.47. The molecule has 0 unspecified atom stereocenters. The zero-order chi connectivity index (χ0) is 24.9. The third kappa shape index (κ3) is 4.26. The van der Waals surface area contributed by atoms with E-state index in [0.29, 0.717) is 32.8 Å². The van der Waals surface area contributed by atoms with E-state index in [9.17, 15) is 14.9 Å². The van der Waals surface area contributed by atoms with Gasteiger partial charge in [-0.2, -0.15) is 0 Å². The molecule has 5 rings (SSSR count). The lowest BCUT2D eigenvalue weighted by Crippen LogP contribution is -2.10. The Kier molecular flexibility index (Phi) is 5.57. The third-order valence-electron chi connectivity index (χ3n) is 5.68. The maximum atomic E-state index is 13.0. The van der Waals surface area contributed by atoms with Gasteiger partial charge in [0.25, 0.3) is 11.6 Å². The van der Waals surface area contributed by atoms with Crippen molar-refractivity contribution in [2.75, 3.05) is 5.32 Å². The summed E-state index contributed by atoms with van der Waals surface area (Å²) < 4.78 is 6.27. The molecule has 35 heavy (non-hydrogen) atoms. The molecule has 5 aromatic rings. The molecular weight excluding hydrogens is 486 g/mol. The van der Waals surface area contributed by atoms with Crippen LogP contribution in [0.1, 0.15) is 36.0 Å². The van der Waals surface area contributed by atoms with E-state index in [1.54, 1.807) is 30.3 Å². The number of thiophene rings is 1. The SMILES string of the molecule is CC(C)(C)c1ccc(-c2nc3cc(NC(=O)c4sc5c([N+](=O)[O-])cccc5c4Cl)ccc3o2)cc1. The minimum atomic E-state index is -0.483. The van der Waals surface area contributed by atoms with Crippen molar-refractivity contribution in [2.45, 2.75) is 26.2 Å². The van der Waals surface area contributed by atoms with Gasteiger partial charge in [-0.05, 0) is 41.3 Å². The van der Waals surface area contributed by atoms with Crippen LogP contribution in [0.3, 0.4) is 0 Å². The van der Waals surface area contributed by atoms with Crippen molar-refractivity contribution in [3.63, 3.8) is 0 Å². The topological polar surface area (TPSA) is 98.3 Å². The number of nitro groups is 1. The number of rotatable bonds is 4. The van der Waals surface area contributed by atoms with E-state index >= 15 is 0 Å². The van der Waals surface area contributed by atoms with Gasteiger partial charge in [0, 0.05) is 22.7 Å². The molecule has 0 aliphatic carbocycles. The van der Waals surface area contributed by atoms with E-state index < -0.39 is 10.8 Å². The van der Waals surface area contributed by atoms with Gasteiger partial charge in [-0.15, -0.1) is 11.3 Å². The highest BCUT2D eigenvalue weighted by atomic mass is 35.5. The summed E-state index contributed by atoms with van der Waals surface area (Å²) >= 11 is 7.39. The van der Waals surface area contributed by atoms with E-state index in [4.69, 9.17) is 16.0 Å². The second kappa shape index (κ2) is 8.48. The Morgan fingerprint density at radius 3 is 2.54 bits per heavy atom. The number of carbonyl (C=O) groups is 1. The van der Waals surface area contributed by atoms with Crippen LogP contribution in [0.15, 0.2) is 65.1 Å². The second-order valence-corrected chi connectivity index (χ2v) is 10.5. The van der Waals surface area contributed by atoms with Gasteiger partial charge in [-0.1, -0.05) is 56.6 Å². The quantitative estimate of drug-likeness (QED) is 0.198. The van der Waals surface area contributed by atoms with Gasteiger partial charge in [-0.3, -0.25) is 14.9 Å². The number of fused-ring (bicyclic) bond motifs is 2. The molecule has 2 aromatic heterocycles. The summed E-state index contributed by atoms with van der Waals surface area (Å²) in [5.74, 6) is 0.0372. The number of hydrogen-bond donors (Lipinski definition) is 1. The summed E-state index contributed by atoms with van der Waals surface area (Å²) in [5, 5.41) is 14.8. The Hall–Kier alpha value is -3.75. The highest BCUT2D eigenvalue weighted by molar-refractivity contribution is 7.22. The van der Waals surface area contributed by atoms with E-state index in [1.165, 1.54) is 11.6 Å². The fraction of sp³-hybridized carbons (Fsp3) is 0.154. The van der Waals surface area contributed by atoms with Crippen molar-refractivity contribution in [3.05, 3.63) is 86.2 Å². The molecule has 0 atom stereocenters. The number of benzene rings is 3. The molecule has 1 N–H and O–H groups in total. The lowest BCUT2D eigenvalue weighted by Gasteiger charge is -2.18. The maximum absolute atomic E-state index is 13.0. The van der Waals surface area contributed by atoms with Crippen LogP contribution in [0.2, 0.25) is 5.02 Å². The van der Waals surface area contributed by atoms with Crippen molar-refractivity contribution < 1.29 is 14.1 Å². The molecule has 176 valence electrons. The van der Waals surface area contributed by atoms with Crippen molar-refractivity contribution in [3.8, 4) is 11.5 Å². The van der Waals surface area contributed by atoms with Gasteiger partial charge in [0.15, 0.2) is 5.58 Å². The molecule has 0 fully saturated rings. The molecule has 0 aliphatic rings. The van der Waals surface area contributed by atoms with Gasteiger partial charge in [0.2, 0.25) is 5.89 Å². The van der Waals surface area contributed by atoms with Gasteiger partial charge in [0.05, 0.1) is 9.95 Å². The Morgan fingerprint density at radius 1 is 1.11 bits per heavy atom. The number of amides is 1. The number of non-ortho nitro benzene ring substituents is 1. The molecule has 2 heterocycles. The highest BCUT2D eigenvalue weighted by Gasteiger charge is 2.23. The van der Waals surface area contributed by atoms with Crippen LogP contribution < -0.4 is 5.32 Å². The van der Waals surface area contributed by atoms with Crippen LogP contribution in [0, 0.1) is 10.1 Å². The van der Waals surface area contributed by atoms with E-state index in [1.807, 2.05) is 12.1 Å². The number of nitro benzene ring substituents is 1. The van der Waals surface area contributed by atoms with Crippen LogP contribution in [0.5, 0.6) is 0 Å². The Labute approximate surface area is 209 Å². The van der Waals surface area contributed by atoms with Gasteiger partial charge in [-0.25, -0.2) is 4.98 Å². The predicted molar refractivity (Wildman–Crippen MR) is 140 cm³/mol. The number of anilines is 1. The van der Waals surface area contributed by atoms with E-state index in [-0.39, 0.29) is 21.0 Å². The first-order chi connectivity index (χ1) is 16.6. The largest absolute Gasteiger partial charge is 0.436 e. The molecular formula is C26H20ClN3O4S. The highest BCUT2D eigenvalue weighted by Crippen LogP contribution is 2.40. The lowest BCUT2D eigenvalue weighted by molar-refractivity contribution is -0.382. The first-order valence-corrected chi connectivity index (χ1v) is 12.0. The first-order valence-electron chi connectivity index (χ1n) is 10.8. The van der Waals surface area contributed by atoms with Crippen LogP contribution in [0.4, 0.5) is 11.4 Å². The lowest BCUT2D eigenvalue weighted by atomic mass is 9.87. The number of hydrogen-bond acceptors (Lipinski definition) is 6. The summed E-state index contributed by atoms with van der Waals surface area (Å²) in [6.07, 6.45) is 0. The van der Waals surface area contributed by atoms with Crippen molar-refractivity contribution in [2.24, 2.45) is 0 Å². The summed E-state index contributed by atoms with van der Waals surface area (Å²) in [5.41, 5.74) is 3.74. The first kappa shape index (κ1) is 23.0. The van der Waals surface area contributed by atoms with E-state index in [2.05, 4.69) is 43.2 Å². The Morgan fingerprint density at radius 2 is 1.86 bits per heavy atom. The normalized spacial score (nSPS) is 11.8. The Balaban J connectivity index is 1.42. The standard InChI is InChI=1S/C26H20ClN3O4S/c1-26(2,3)15-9-7-14(8-10-15)25-29-18-13-16(11-12-20(18)34-25)28-24(31)23-21(27)17-5-4-6-19(30(32)33)22(17)35-23/h4-13H,1-3H3,(H,28,31). The predicted octanol–water partition coefficient (Wildman–Crippen LogP) is 7.82. The molecule has 0 saturated carbocycles. The van der Waals surface area contributed by atoms with Crippen LogP contribution in [0.25, 0.3) is 32.6 Å². The number of oxazole rings is 1. The number of carbonyl (C=O) groups excluding carboxylic acids is 1. The molecule has 0 bridgehead atoms. The zero-order valence-corrected chi connectivity index (χ0v) is 20.7.